The van der Waals surface area contributed by atoms with Crippen LogP contribution in [0.5, 0.6) is 0 Å². The highest BCUT2D eigenvalue weighted by molar-refractivity contribution is 7.99. The fourth-order valence-corrected chi connectivity index (χ4v) is 4.04. The first-order chi connectivity index (χ1) is 12.2. The largest absolute Gasteiger partial charge is 0.338 e. The number of aromatic nitrogens is 3. The summed E-state index contributed by atoms with van der Waals surface area (Å²) in [6.45, 7) is 3.37. The molecule has 25 heavy (non-hydrogen) atoms. The van der Waals surface area contributed by atoms with Gasteiger partial charge in [0, 0.05) is 19.5 Å². The summed E-state index contributed by atoms with van der Waals surface area (Å²) in [6, 6.07) is 10.1. The van der Waals surface area contributed by atoms with Crippen LogP contribution in [-0.4, -0.2) is 38.3 Å². The zero-order valence-electron chi connectivity index (χ0n) is 14.8. The molecule has 1 aliphatic rings. The molecule has 1 aromatic carbocycles. The highest BCUT2D eigenvalue weighted by Crippen LogP contribution is 2.27. The van der Waals surface area contributed by atoms with Gasteiger partial charge in [-0.25, -0.2) is 4.98 Å². The number of hydrogen-bond donors (Lipinski definition) is 1. The van der Waals surface area contributed by atoms with Crippen molar-refractivity contribution in [2.45, 2.75) is 50.7 Å². The van der Waals surface area contributed by atoms with Gasteiger partial charge in [-0.1, -0.05) is 67.8 Å². The number of carbonyl (C=O) groups is 1. The second kappa shape index (κ2) is 9.04. The molecule has 1 amide bonds. The third-order valence-electron chi connectivity index (χ3n) is 4.74. The van der Waals surface area contributed by atoms with Crippen molar-refractivity contribution in [1.82, 2.24) is 20.1 Å². The number of rotatable bonds is 8. The zero-order valence-corrected chi connectivity index (χ0v) is 15.6. The van der Waals surface area contributed by atoms with Gasteiger partial charge in [0.25, 0.3) is 0 Å². The second-order valence-corrected chi connectivity index (χ2v) is 7.54. The van der Waals surface area contributed by atoms with E-state index in [0.29, 0.717) is 24.0 Å². The molecule has 0 unspecified atom stereocenters. The molecule has 1 fully saturated rings. The molecule has 5 nitrogen and oxygen atoms in total. The van der Waals surface area contributed by atoms with Crippen LogP contribution in [-0.2, 0) is 17.8 Å². The molecule has 0 aliphatic heterocycles. The number of amides is 1. The molecular weight excluding hydrogens is 332 g/mol. The van der Waals surface area contributed by atoms with Crippen LogP contribution in [0.1, 0.15) is 44.0 Å². The van der Waals surface area contributed by atoms with Gasteiger partial charge in [0.05, 0.1) is 5.75 Å². The van der Waals surface area contributed by atoms with Crippen molar-refractivity contribution in [3.63, 3.8) is 0 Å². The molecule has 1 saturated carbocycles. The van der Waals surface area contributed by atoms with Crippen molar-refractivity contribution < 1.29 is 4.79 Å². The van der Waals surface area contributed by atoms with Gasteiger partial charge >= 0.3 is 0 Å². The Hall–Kier alpha value is -1.82. The molecule has 0 atom stereocenters. The Balaban J connectivity index is 1.48. The molecular formula is C19H26N4OS. The van der Waals surface area contributed by atoms with Crippen LogP contribution in [0.4, 0.5) is 0 Å². The smallest absolute Gasteiger partial charge is 0.233 e. The highest BCUT2D eigenvalue weighted by atomic mass is 32.2. The summed E-state index contributed by atoms with van der Waals surface area (Å²) in [7, 11) is 0. The predicted molar refractivity (Wildman–Crippen MR) is 100 cm³/mol. The van der Waals surface area contributed by atoms with Gasteiger partial charge in [0.2, 0.25) is 11.1 Å². The van der Waals surface area contributed by atoms with Crippen molar-refractivity contribution in [1.29, 1.82) is 0 Å². The van der Waals surface area contributed by atoms with E-state index >= 15 is 0 Å². The molecule has 0 radical (unpaired) electrons. The van der Waals surface area contributed by atoms with E-state index in [9.17, 15) is 4.79 Å². The summed E-state index contributed by atoms with van der Waals surface area (Å²) in [4.78, 5) is 18.9. The third-order valence-corrected chi connectivity index (χ3v) is 5.58. The van der Waals surface area contributed by atoms with E-state index in [1.807, 2.05) is 42.2 Å². The fourth-order valence-electron chi connectivity index (χ4n) is 3.32. The van der Waals surface area contributed by atoms with Crippen LogP contribution in [0.15, 0.2) is 35.5 Å². The maximum Gasteiger partial charge on any atom is 0.233 e. The second-order valence-electron chi connectivity index (χ2n) is 6.60. The van der Waals surface area contributed by atoms with E-state index in [0.717, 1.165) is 23.7 Å². The average molecular weight is 359 g/mol. The van der Waals surface area contributed by atoms with Crippen LogP contribution in [0.2, 0.25) is 0 Å². The third kappa shape index (κ3) is 5.33. The van der Waals surface area contributed by atoms with Gasteiger partial charge in [0.15, 0.2) is 0 Å². The average Bonchev–Trinajstić information content (AvgIpc) is 3.31. The van der Waals surface area contributed by atoms with Gasteiger partial charge < -0.3 is 4.90 Å². The summed E-state index contributed by atoms with van der Waals surface area (Å²) in [6.07, 6.45) is 6.25. The van der Waals surface area contributed by atoms with Gasteiger partial charge in [-0.05, 0) is 18.4 Å². The van der Waals surface area contributed by atoms with Crippen molar-refractivity contribution in [2.75, 3.05) is 12.3 Å². The number of hydrogen-bond acceptors (Lipinski definition) is 4. The number of nitrogens with zero attached hydrogens (tertiary/aromatic N) is 3. The molecule has 3 rings (SSSR count). The minimum absolute atomic E-state index is 0.124. The Morgan fingerprint density at radius 2 is 2.04 bits per heavy atom. The lowest BCUT2D eigenvalue weighted by Crippen LogP contribution is -2.31. The quantitative estimate of drug-likeness (QED) is 0.731. The Morgan fingerprint density at radius 1 is 1.28 bits per heavy atom. The Morgan fingerprint density at radius 3 is 2.76 bits per heavy atom. The van der Waals surface area contributed by atoms with E-state index in [1.165, 1.54) is 37.4 Å². The molecule has 6 heteroatoms. The van der Waals surface area contributed by atoms with Crippen molar-refractivity contribution in [3.05, 3.63) is 41.7 Å². The molecule has 0 saturated heterocycles. The topological polar surface area (TPSA) is 61.9 Å². The molecule has 2 aromatic rings. The predicted octanol–water partition coefficient (Wildman–Crippen LogP) is 3.68. The Kier molecular flexibility index (Phi) is 6.50. The number of benzene rings is 1. The molecule has 1 aliphatic carbocycles. The normalized spacial score (nSPS) is 14.8. The Bertz CT molecular complexity index is 667. The molecule has 134 valence electrons. The molecule has 0 bridgehead atoms. The molecule has 1 heterocycles. The number of thioether (sulfide) groups is 1. The first kappa shape index (κ1) is 18.0. The summed E-state index contributed by atoms with van der Waals surface area (Å²) < 4.78 is 0. The van der Waals surface area contributed by atoms with Gasteiger partial charge in [0.1, 0.15) is 5.82 Å². The SMILES string of the molecule is CCN(Cc1ccccc1)C(=O)CSc1n[nH]c(CC2CCCC2)n1. The summed E-state index contributed by atoms with van der Waals surface area (Å²) in [5.74, 6) is 2.20. The van der Waals surface area contributed by atoms with Gasteiger partial charge in [-0.15, -0.1) is 5.10 Å². The zero-order chi connectivity index (χ0) is 17.5. The highest BCUT2D eigenvalue weighted by Gasteiger charge is 2.18. The lowest BCUT2D eigenvalue weighted by Gasteiger charge is -2.20. The van der Waals surface area contributed by atoms with E-state index in [-0.39, 0.29) is 5.91 Å². The lowest BCUT2D eigenvalue weighted by molar-refractivity contribution is -0.128. The number of carbonyl (C=O) groups excluding carboxylic acids is 1. The summed E-state index contributed by atoms with van der Waals surface area (Å²) in [5.41, 5.74) is 1.15. The van der Waals surface area contributed by atoms with Crippen LogP contribution < -0.4 is 0 Å². The van der Waals surface area contributed by atoms with E-state index < -0.39 is 0 Å². The summed E-state index contributed by atoms with van der Waals surface area (Å²) in [5, 5.41) is 7.97. The maximum absolute atomic E-state index is 12.5. The number of H-pyrrole nitrogens is 1. The van der Waals surface area contributed by atoms with Gasteiger partial charge in [-0.2, -0.15) is 0 Å². The van der Waals surface area contributed by atoms with Crippen molar-refractivity contribution >= 4 is 17.7 Å². The van der Waals surface area contributed by atoms with Crippen LogP contribution >= 0.6 is 11.8 Å². The first-order valence-corrected chi connectivity index (χ1v) is 10.1. The number of nitrogens with one attached hydrogen (secondary N) is 1. The minimum Gasteiger partial charge on any atom is -0.338 e. The maximum atomic E-state index is 12.5. The van der Waals surface area contributed by atoms with Crippen molar-refractivity contribution in [3.8, 4) is 0 Å². The molecule has 1 aromatic heterocycles. The van der Waals surface area contributed by atoms with Crippen LogP contribution in [0.3, 0.4) is 0 Å². The van der Waals surface area contributed by atoms with E-state index in [1.54, 1.807) is 0 Å². The molecule has 0 spiro atoms. The van der Waals surface area contributed by atoms with Gasteiger partial charge in [-0.3, -0.25) is 9.89 Å². The van der Waals surface area contributed by atoms with E-state index in [4.69, 9.17) is 0 Å². The molecule has 1 N–H and O–H groups in total. The fraction of sp³-hybridized carbons (Fsp3) is 0.526. The summed E-state index contributed by atoms with van der Waals surface area (Å²) >= 11 is 1.42. The van der Waals surface area contributed by atoms with Crippen LogP contribution in [0, 0.1) is 5.92 Å². The standard InChI is InChI=1S/C19H26N4OS/c1-2-23(13-16-10-4-3-5-11-16)18(24)14-25-19-20-17(21-22-19)12-15-8-6-7-9-15/h3-5,10-11,15H,2,6-9,12-14H2,1H3,(H,20,21,22). The minimum atomic E-state index is 0.124. The lowest BCUT2D eigenvalue weighted by atomic mass is 10.0. The number of aromatic amines is 1. The van der Waals surface area contributed by atoms with Crippen molar-refractivity contribution in [2.24, 2.45) is 5.92 Å². The Labute approximate surface area is 153 Å². The van der Waals surface area contributed by atoms with Crippen LogP contribution in [0.25, 0.3) is 0 Å². The first-order valence-electron chi connectivity index (χ1n) is 9.10. The monoisotopic (exact) mass is 358 g/mol. The van der Waals surface area contributed by atoms with E-state index in [2.05, 4.69) is 15.2 Å².